The smallest absolute Gasteiger partial charge is 0.261 e. The minimum Gasteiger partial charge on any atom is -0.468 e. The maximum atomic E-state index is 12.5. The van der Waals surface area contributed by atoms with Crippen LogP contribution >= 0.6 is 11.3 Å². The summed E-state index contributed by atoms with van der Waals surface area (Å²) in [6.07, 6.45) is 5.11. The van der Waals surface area contributed by atoms with E-state index in [1.165, 1.54) is 23.3 Å². The van der Waals surface area contributed by atoms with Crippen LogP contribution in [0.15, 0.2) is 28.9 Å². The molecule has 0 aliphatic carbocycles. The van der Waals surface area contributed by atoms with Gasteiger partial charge >= 0.3 is 0 Å². The van der Waals surface area contributed by atoms with E-state index in [0.29, 0.717) is 6.54 Å². The number of nitrogens with zero attached hydrogens (tertiary/aromatic N) is 1. The zero-order valence-corrected chi connectivity index (χ0v) is 14.6. The van der Waals surface area contributed by atoms with Crippen LogP contribution in [0, 0.1) is 6.92 Å². The van der Waals surface area contributed by atoms with Gasteiger partial charge in [-0.1, -0.05) is 6.92 Å². The maximum Gasteiger partial charge on any atom is 0.261 e. The fraction of sp³-hybridized carbons (Fsp3) is 0.500. The zero-order chi connectivity index (χ0) is 16.2. The van der Waals surface area contributed by atoms with E-state index >= 15 is 0 Å². The summed E-state index contributed by atoms with van der Waals surface area (Å²) in [6, 6.07) is 6.06. The van der Waals surface area contributed by atoms with E-state index in [9.17, 15) is 4.79 Å². The average Bonchev–Trinajstić information content (AvgIpc) is 3.29. The summed E-state index contributed by atoms with van der Waals surface area (Å²) in [5, 5.41) is 3.10. The molecule has 1 aliphatic rings. The molecular formula is C18H24N2O2S. The molecule has 124 valence electrons. The second kappa shape index (κ2) is 7.32. The van der Waals surface area contributed by atoms with Crippen molar-refractivity contribution in [2.75, 3.05) is 19.6 Å². The predicted molar refractivity (Wildman–Crippen MR) is 93.0 cm³/mol. The molecule has 3 heterocycles. The number of thiophene rings is 1. The Morgan fingerprint density at radius 1 is 1.43 bits per heavy atom. The van der Waals surface area contributed by atoms with Gasteiger partial charge in [0.2, 0.25) is 0 Å². The van der Waals surface area contributed by atoms with Gasteiger partial charge in [-0.15, -0.1) is 11.3 Å². The topological polar surface area (TPSA) is 45.5 Å². The molecular weight excluding hydrogens is 308 g/mol. The Hall–Kier alpha value is -1.59. The Morgan fingerprint density at radius 3 is 2.83 bits per heavy atom. The Morgan fingerprint density at radius 2 is 2.22 bits per heavy atom. The minimum absolute atomic E-state index is 0.0218. The molecule has 23 heavy (non-hydrogen) atoms. The van der Waals surface area contributed by atoms with Crippen molar-refractivity contribution in [3.05, 3.63) is 45.5 Å². The summed E-state index contributed by atoms with van der Waals surface area (Å²) >= 11 is 1.58. The minimum atomic E-state index is 0.0218. The van der Waals surface area contributed by atoms with Crippen molar-refractivity contribution in [2.45, 2.75) is 39.2 Å². The molecule has 1 N–H and O–H groups in total. The molecule has 2 aromatic rings. The summed E-state index contributed by atoms with van der Waals surface area (Å²) in [4.78, 5) is 16.9. The number of amides is 1. The van der Waals surface area contributed by atoms with Crippen LogP contribution in [0.1, 0.15) is 51.7 Å². The average molecular weight is 332 g/mol. The number of rotatable bonds is 6. The molecule has 5 heteroatoms. The quantitative estimate of drug-likeness (QED) is 0.875. The van der Waals surface area contributed by atoms with Crippen LogP contribution in [0.5, 0.6) is 0 Å². The van der Waals surface area contributed by atoms with Gasteiger partial charge in [-0.25, -0.2) is 0 Å². The van der Waals surface area contributed by atoms with Gasteiger partial charge in [0.15, 0.2) is 0 Å². The zero-order valence-electron chi connectivity index (χ0n) is 13.8. The van der Waals surface area contributed by atoms with Gasteiger partial charge in [0.1, 0.15) is 5.76 Å². The first kappa shape index (κ1) is 16.3. The van der Waals surface area contributed by atoms with Crippen molar-refractivity contribution in [1.29, 1.82) is 0 Å². The molecule has 0 radical (unpaired) electrons. The summed E-state index contributed by atoms with van der Waals surface area (Å²) in [5.74, 6) is 0.956. The van der Waals surface area contributed by atoms with Gasteiger partial charge in [0, 0.05) is 11.4 Å². The monoisotopic (exact) mass is 332 g/mol. The van der Waals surface area contributed by atoms with Crippen LogP contribution in [0.2, 0.25) is 0 Å². The third-order valence-corrected chi connectivity index (χ3v) is 5.63. The molecule has 0 saturated carbocycles. The van der Waals surface area contributed by atoms with Crippen LogP contribution in [0.25, 0.3) is 0 Å². The summed E-state index contributed by atoms with van der Waals surface area (Å²) in [6.45, 7) is 6.93. The second-order valence-corrected chi connectivity index (χ2v) is 7.29. The highest BCUT2D eigenvalue weighted by atomic mass is 32.1. The number of nitrogens with one attached hydrogen (secondary N) is 1. The molecule has 0 spiro atoms. The normalized spacial score (nSPS) is 16.6. The lowest BCUT2D eigenvalue weighted by Crippen LogP contribution is -2.36. The van der Waals surface area contributed by atoms with Crippen LogP contribution < -0.4 is 5.32 Å². The van der Waals surface area contributed by atoms with Crippen LogP contribution in [-0.4, -0.2) is 30.4 Å². The lowest BCUT2D eigenvalue weighted by Gasteiger charge is -2.25. The third-order valence-electron chi connectivity index (χ3n) is 4.53. The Labute approximate surface area is 141 Å². The highest BCUT2D eigenvalue weighted by Gasteiger charge is 2.26. The first-order valence-electron chi connectivity index (χ1n) is 8.34. The Balaban J connectivity index is 1.67. The first-order chi connectivity index (χ1) is 11.2. The summed E-state index contributed by atoms with van der Waals surface area (Å²) in [5.41, 5.74) is 1.27. The van der Waals surface area contributed by atoms with Crippen molar-refractivity contribution in [1.82, 2.24) is 10.2 Å². The van der Waals surface area contributed by atoms with Gasteiger partial charge in [0.05, 0.1) is 17.2 Å². The fourth-order valence-electron chi connectivity index (χ4n) is 3.20. The van der Waals surface area contributed by atoms with Crippen molar-refractivity contribution in [2.24, 2.45) is 0 Å². The largest absolute Gasteiger partial charge is 0.468 e. The lowest BCUT2D eigenvalue weighted by atomic mass is 10.2. The molecule has 0 bridgehead atoms. The third kappa shape index (κ3) is 3.67. The van der Waals surface area contributed by atoms with E-state index in [0.717, 1.165) is 30.1 Å². The SMILES string of the molecule is CCc1cc(C(=O)NCC(c2ccco2)N2CCCC2)sc1C. The molecule has 1 atom stereocenters. The molecule has 1 amide bonds. The van der Waals surface area contributed by atoms with E-state index in [2.05, 4.69) is 24.1 Å². The van der Waals surface area contributed by atoms with Crippen LogP contribution in [0.4, 0.5) is 0 Å². The van der Waals surface area contributed by atoms with Crippen LogP contribution in [-0.2, 0) is 6.42 Å². The van der Waals surface area contributed by atoms with Gasteiger partial charge < -0.3 is 9.73 Å². The number of hydrogen-bond donors (Lipinski definition) is 1. The highest BCUT2D eigenvalue weighted by Crippen LogP contribution is 2.26. The van der Waals surface area contributed by atoms with Crippen molar-refractivity contribution in [3.8, 4) is 0 Å². The molecule has 1 aliphatic heterocycles. The summed E-state index contributed by atoms with van der Waals surface area (Å²) in [7, 11) is 0. The molecule has 1 fully saturated rings. The Bertz CT molecular complexity index is 642. The number of furan rings is 1. The van der Waals surface area contributed by atoms with E-state index in [-0.39, 0.29) is 11.9 Å². The van der Waals surface area contributed by atoms with E-state index < -0.39 is 0 Å². The molecule has 3 rings (SSSR count). The maximum absolute atomic E-state index is 12.5. The standard InChI is InChI=1S/C18H24N2O2S/c1-3-14-11-17(23-13(14)2)18(21)19-12-15(16-7-6-10-22-16)20-8-4-5-9-20/h6-7,10-11,15H,3-5,8-9,12H2,1-2H3,(H,19,21). The molecule has 4 nitrogen and oxygen atoms in total. The van der Waals surface area contributed by atoms with Crippen molar-refractivity contribution in [3.63, 3.8) is 0 Å². The van der Waals surface area contributed by atoms with Gasteiger partial charge in [-0.05, 0) is 63.0 Å². The number of aryl methyl sites for hydroxylation is 2. The van der Waals surface area contributed by atoms with Crippen molar-refractivity contribution < 1.29 is 9.21 Å². The van der Waals surface area contributed by atoms with E-state index in [1.54, 1.807) is 17.6 Å². The molecule has 0 aromatic carbocycles. The van der Waals surface area contributed by atoms with Gasteiger partial charge in [-0.3, -0.25) is 9.69 Å². The first-order valence-corrected chi connectivity index (χ1v) is 9.15. The van der Waals surface area contributed by atoms with Gasteiger partial charge in [-0.2, -0.15) is 0 Å². The molecule has 1 unspecified atom stereocenters. The van der Waals surface area contributed by atoms with Gasteiger partial charge in [0.25, 0.3) is 5.91 Å². The second-order valence-electron chi connectivity index (χ2n) is 6.03. The Kier molecular flexibility index (Phi) is 5.18. The van der Waals surface area contributed by atoms with E-state index in [4.69, 9.17) is 4.42 Å². The summed E-state index contributed by atoms with van der Waals surface area (Å²) < 4.78 is 5.60. The number of carbonyl (C=O) groups is 1. The molecule has 1 saturated heterocycles. The highest BCUT2D eigenvalue weighted by molar-refractivity contribution is 7.14. The van der Waals surface area contributed by atoms with E-state index in [1.807, 2.05) is 18.2 Å². The predicted octanol–water partition coefficient (Wildman–Crippen LogP) is 3.78. The van der Waals surface area contributed by atoms with Crippen LogP contribution in [0.3, 0.4) is 0 Å². The van der Waals surface area contributed by atoms with Crippen molar-refractivity contribution >= 4 is 17.2 Å². The lowest BCUT2D eigenvalue weighted by molar-refractivity contribution is 0.0938. The number of likely N-dealkylation sites (tertiary alicyclic amines) is 1. The number of hydrogen-bond acceptors (Lipinski definition) is 4. The molecule has 2 aromatic heterocycles. The fourth-order valence-corrected chi connectivity index (χ4v) is 4.23. The number of carbonyl (C=O) groups excluding carboxylic acids is 1.